The minimum absolute atomic E-state index is 0.277. The summed E-state index contributed by atoms with van der Waals surface area (Å²) in [6.45, 7) is 4.25. The first-order valence-electron chi connectivity index (χ1n) is 6.14. The fourth-order valence-corrected chi connectivity index (χ4v) is 2.39. The molecule has 1 amide bonds. The Bertz CT molecular complexity index is 386. The van der Waals surface area contributed by atoms with Crippen molar-refractivity contribution in [2.75, 3.05) is 4.90 Å². The molecule has 0 fully saturated rings. The van der Waals surface area contributed by atoms with Gasteiger partial charge in [0.05, 0.1) is 0 Å². The van der Waals surface area contributed by atoms with Crippen LogP contribution < -0.4 is 4.90 Å². The minimum atomic E-state index is 0.277. The molecule has 1 heterocycles. The Morgan fingerprint density at radius 2 is 2.19 bits per heavy atom. The lowest BCUT2D eigenvalue weighted by atomic mass is 10.1. The van der Waals surface area contributed by atoms with E-state index in [4.69, 9.17) is 0 Å². The van der Waals surface area contributed by atoms with Crippen LogP contribution in [0.5, 0.6) is 0 Å². The van der Waals surface area contributed by atoms with Crippen molar-refractivity contribution in [2.24, 2.45) is 0 Å². The minimum Gasteiger partial charge on any atom is -0.309 e. The third-order valence-corrected chi connectivity index (χ3v) is 3.22. The number of carbonyl (C=O) groups is 1. The van der Waals surface area contributed by atoms with E-state index in [1.807, 2.05) is 17.0 Å². The molecule has 86 valence electrons. The molecule has 0 spiro atoms. The van der Waals surface area contributed by atoms with Crippen molar-refractivity contribution in [1.29, 1.82) is 0 Å². The van der Waals surface area contributed by atoms with Gasteiger partial charge in [-0.2, -0.15) is 0 Å². The van der Waals surface area contributed by atoms with Crippen molar-refractivity contribution in [1.82, 2.24) is 0 Å². The number of benzene rings is 1. The molecule has 0 aromatic heterocycles. The first kappa shape index (κ1) is 11.2. The largest absolute Gasteiger partial charge is 0.309 e. The molecule has 0 N–H and O–H groups in total. The molecule has 0 aliphatic carbocycles. The Kier molecular flexibility index (Phi) is 3.28. The van der Waals surface area contributed by atoms with Crippen molar-refractivity contribution in [3.05, 3.63) is 29.8 Å². The van der Waals surface area contributed by atoms with Crippen LogP contribution in [0.1, 0.15) is 38.7 Å². The van der Waals surface area contributed by atoms with Crippen molar-refractivity contribution < 1.29 is 4.79 Å². The van der Waals surface area contributed by atoms with Gasteiger partial charge >= 0.3 is 0 Å². The SMILES string of the molecule is CCCCC(=O)N1c2ccccc2CC1C. The van der Waals surface area contributed by atoms with Gasteiger partial charge in [0.1, 0.15) is 0 Å². The summed E-state index contributed by atoms with van der Waals surface area (Å²) in [5.74, 6) is 0.277. The van der Waals surface area contributed by atoms with E-state index >= 15 is 0 Å². The second-order valence-electron chi connectivity index (χ2n) is 4.55. The van der Waals surface area contributed by atoms with E-state index < -0.39 is 0 Å². The van der Waals surface area contributed by atoms with Crippen LogP contribution in [-0.4, -0.2) is 11.9 Å². The molecule has 0 saturated heterocycles. The Labute approximate surface area is 97.3 Å². The summed E-state index contributed by atoms with van der Waals surface area (Å²) >= 11 is 0. The second kappa shape index (κ2) is 4.69. The number of hydrogen-bond donors (Lipinski definition) is 0. The van der Waals surface area contributed by atoms with Crippen LogP contribution >= 0.6 is 0 Å². The molecule has 1 aromatic carbocycles. The van der Waals surface area contributed by atoms with Crippen LogP contribution in [0.25, 0.3) is 0 Å². The van der Waals surface area contributed by atoms with Crippen LogP contribution in [0.4, 0.5) is 5.69 Å². The zero-order valence-corrected chi connectivity index (χ0v) is 10.1. The molecule has 1 aliphatic rings. The number of hydrogen-bond acceptors (Lipinski definition) is 1. The molecule has 1 aliphatic heterocycles. The van der Waals surface area contributed by atoms with E-state index in [0.29, 0.717) is 12.5 Å². The van der Waals surface area contributed by atoms with Gasteiger partial charge < -0.3 is 4.90 Å². The molecule has 0 bridgehead atoms. The molecular weight excluding hydrogens is 198 g/mol. The number of nitrogens with zero attached hydrogens (tertiary/aromatic N) is 1. The third-order valence-electron chi connectivity index (χ3n) is 3.22. The van der Waals surface area contributed by atoms with E-state index in [0.717, 1.165) is 24.9 Å². The third kappa shape index (κ3) is 1.97. The number of rotatable bonds is 3. The van der Waals surface area contributed by atoms with Crippen LogP contribution in [-0.2, 0) is 11.2 Å². The van der Waals surface area contributed by atoms with Gasteiger partial charge in [0, 0.05) is 18.2 Å². The molecular formula is C14H19NO. The lowest BCUT2D eigenvalue weighted by Crippen LogP contribution is -2.35. The number of amides is 1. The average Bonchev–Trinajstić information content (AvgIpc) is 2.62. The Morgan fingerprint density at radius 3 is 2.94 bits per heavy atom. The monoisotopic (exact) mass is 217 g/mol. The van der Waals surface area contributed by atoms with Crippen LogP contribution in [0.2, 0.25) is 0 Å². The summed E-state index contributed by atoms with van der Waals surface area (Å²) in [5, 5.41) is 0. The van der Waals surface area contributed by atoms with Gasteiger partial charge in [-0.05, 0) is 31.4 Å². The number of fused-ring (bicyclic) bond motifs is 1. The smallest absolute Gasteiger partial charge is 0.227 e. The molecule has 2 nitrogen and oxygen atoms in total. The molecule has 1 unspecified atom stereocenters. The molecule has 16 heavy (non-hydrogen) atoms. The normalized spacial score (nSPS) is 18.6. The Morgan fingerprint density at radius 1 is 1.44 bits per heavy atom. The maximum Gasteiger partial charge on any atom is 0.227 e. The Balaban J connectivity index is 2.18. The fourth-order valence-electron chi connectivity index (χ4n) is 2.39. The molecule has 2 rings (SSSR count). The van der Waals surface area contributed by atoms with Crippen LogP contribution in [0.3, 0.4) is 0 Å². The van der Waals surface area contributed by atoms with E-state index in [1.165, 1.54) is 5.56 Å². The second-order valence-corrected chi connectivity index (χ2v) is 4.55. The highest BCUT2D eigenvalue weighted by atomic mass is 16.2. The summed E-state index contributed by atoms with van der Waals surface area (Å²) in [6, 6.07) is 8.56. The van der Waals surface area contributed by atoms with Gasteiger partial charge in [-0.25, -0.2) is 0 Å². The number of para-hydroxylation sites is 1. The van der Waals surface area contributed by atoms with E-state index in [1.54, 1.807) is 0 Å². The van der Waals surface area contributed by atoms with Gasteiger partial charge in [-0.15, -0.1) is 0 Å². The van der Waals surface area contributed by atoms with Gasteiger partial charge in [-0.1, -0.05) is 31.5 Å². The fraction of sp³-hybridized carbons (Fsp3) is 0.500. The van der Waals surface area contributed by atoms with Crippen molar-refractivity contribution >= 4 is 11.6 Å². The number of anilines is 1. The van der Waals surface area contributed by atoms with Crippen LogP contribution in [0, 0.1) is 0 Å². The highest BCUT2D eigenvalue weighted by Gasteiger charge is 2.29. The molecule has 0 radical (unpaired) electrons. The summed E-state index contributed by atoms with van der Waals surface area (Å²) in [4.78, 5) is 14.1. The number of carbonyl (C=O) groups excluding carboxylic acids is 1. The van der Waals surface area contributed by atoms with Gasteiger partial charge in [0.15, 0.2) is 0 Å². The highest BCUT2D eigenvalue weighted by Crippen LogP contribution is 2.32. The van der Waals surface area contributed by atoms with Crippen molar-refractivity contribution in [3.8, 4) is 0 Å². The molecule has 0 saturated carbocycles. The van der Waals surface area contributed by atoms with E-state index in [2.05, 4.69) is 26.0 Å². The molecule has 1 aromatic rings. The first-order chi connectivity index (χ1) is 7.74. The highest BCUT2D eigenvalue weighted by molar-refractivity contribution is 5.96. The predicted octanol–water partition coefficient (Wildman–Crippen LogP) is 3.15. The topological polar surface area (TPSA) is 20.3 Å². The van der Waals surface area contributed by atoms with Crippen molar-refractivity contribution in [2.45, 2.75) is 45.6 Å². The summed E-state index contributed by atoms with van der Waals surface area (Å²) < 4.78 is 0. The standard InChI is InChI=1S/C14H19NO/c1-3-4-9-14(16)15-11(2)10-12-7-5-6-8-13(12)15/h5-8,11H,3-4,9-10H2,1-2H3. The zero-order valence-electron chi connectivity index (χ0n) is 10.1. The molecule has 1 atom stereocenters. The van der Waals surface area contributed by atoms with Gasteiger partial charge in [-0.3, -0.25) is 4.79 Å². The predicted molar refractivity (Wildman–Crippen MR) is 66.6 cm³/mol. The zero-order chi connectivity index (χ0) is 11.5. The van der Waals surface area contributed by atoms with Crippen molar-refractivity contribution in [3.63, 3.8) is 0 Å². The number of unbranched alkanes of at least 4 members (excludes halogenated alkanes) is 1. The maximum absolute atomic E-state index is 12.1. The summed E-state index contributed by atoms with van der Waals surface area (Å²) in [7, 11) is 0. The van der Waals surface area contributed by atoms with E-state index in [-0.39, 0.29) is 5.91 Å². The average molecular weight is 217 g/mol. The lowest BCUT2D eigenvalue weighted by Gasteiger charge is -2.22. The lowest BCUT2D eigenvalue weighted by molar-refractivity contribution is -0.119. The quantitative estimate of drug-likeness (QED) is 0.761. The van der Waals surface area contributed by atoms with Gasteiger partial charge in [0.2, 0.25) is 5.91 Å². The van der Waals surface area contributed by atoms with Crippen LogP contribution in [0.15, 0.2) is 24.3 Å². The van der Waals surface area contributed by atoms with Gasteiger partial charge in [0.25, 0.3) is 0 Å². The molecule has 2 heteroatoms. The maximum atomic E-state index is 12.1. The first-order valence-corrected chi connectivity index (χ1v) is 6.14. The van der Waals surface area contributed by atoms with E-state index in [9.17, 15) is 4.79 Å². The summed E-state index contributed by atoms with van der Waals surface area (Å²) in [6.07, 6.45) is 3.74. The summed E-state index contributed by atoms with van der Waals surface area (Å²) in [5.41, 5.74) is 2.43. The Hall–Kier alpha value is -1.31.